The standard InChI is InChI=1S/C19H21F3N4/c1-3-26(4-2)15-7-5-6-13(10-15)14-8-9-25-17(11-14)16(23)12-18(24)19(20,21)22/h5-12,23H,3-4,24H2,1-2H3. The van der Waals surface area contributed by atoms with Crippen molar-refractivity contribution in [2.45, 2.75) is 20.0 Å². The zero-order chi connectivity index (χ0) is 19.3. The molecule has 1 aromatic heterocycles. The number of pyridine rings is 1. The summed E-state index contributed by atoms with van der Waals surface area (Å²) in [4.78, 5) is 6.18. The maximum absolute atomic E-state index is 12.5. The van der Waals surface area contributed by atoms with Crippen molar-refractivity contribution in [2.24, 2.45) is 5.73 Å². The van der Waals surface area contributed by atoms with E-state index < -0.39 is 11.9 Å². The third-order valence-corrected chi connectivity index (χ3v) is 3.97. The Morgan fingerprint density at radius 2 is 1.81 bits per heavy atom. The molecule has 1 heterocycles. The molecule has 0 fully saturated rings. The molecule has 138 valence electrons. The zero-order valence-corrected chi connectivity index (χ0v) is 14.6. The first kappa shape index (κ1) is 19.5. The van der Waals surface area contributed by atoms with Crippen molar-refractivity contribution in [3.63, 3.8) is 0 Å². The summed E-state index contributed by atoms with van der Waals surface area (Å²) in [6.07, 6.45) is -2.61. The highest BCUT2D eigenvalue weighted by molar-refractivity contribution is 6.06. The summed E-state index contributed by atoms with van der Waals surface area (Å²) in [5, 5.41) is 7.84. The lowest BCUT2D eigenvalue weighted by molar-refractivity contribution is -0.0925. The van der Waals surface area contributed by atoms with Crippen LogP contribution in [0.5, 0.6) is 0 Å². The SMILES string of the molecule is CCN(CC)c1cccc(-c2ccnc(C(=N)C=C(N)C(F)(F)F)c2)c1. The first-order chi connectivity index (χ1) is 12.3. The normalized spacial score (nSPS) is 12.1. The van der Waals surface area contributed by atoms with E-state index in [0.717, 1.165) is 29.9 Å². The summed E-state index contributed by atoms with van der Waals surface area (Å²) >= 11 is 0. The van der Waals surface area contributed by atoms with Gasteiger partial charge in [-0.15, -0.1) is 0 Å². The molecule has 0 radical (unpaired) electrons. The molecule has 3 N–H and O–H groups in total. The summed E-state index contributed by atoms with van der Waals surface area (Å²) in [6, 6.07) is 11.2. The van der Waals surface area contributed by atoms with Crippen LogP contribution in [0.25, 0.3) is 11.1 Å². The number of hydrogen-bond donors (Lipinski definition) is 2. The number of alkyl halides is 3. The quantitative estimate of drug-likeness (QED) is 0.750. The summed E-state index contributed by atoms with van der Waals surface area (Å²) in [5.41, 5.74) is 6.13. The van der Waals surface area contributed by atoms with E-state index in [0.29, 0.717) is 6.08 Å². The molecular formula is C19H21F3N4. The highest BCUT2D eigenvalue weighted by Gasteiger charge is 2.31. The van der Waals surface area contributed by atoms with Crippen LogP contribution < -0.4 is 10.6 Å². The lowest BCUT2D eigenvalue weighted by Gasteiger charge is -2.21. The molecular weight excluding hydrogens is 341 g/mol. The number of nitrogens with zero attached hydrogens (tertiary/aromatic N) is 2. The number of hydrogen-bond acceptors (Lipinski definition) is 4. The molecule has 0 aliphatic heterocycles. The highest BCUT2D eigenvalue weighted by atomic mass is 19.4. The van der Waals surface area contributed by atoms with Gasteiger partial charge in [-0.1, -0.05) is 12.1 Å². The van der Waals surface area contributed by atoms with Gasteiger partial charge in [0.05, 0.1) is 11.4 Å². The summed E-state index contributed by atoms with van der Waals surface area (Å²) in [5.74, 6) is 0. The minimum absolute atomic E-state index is 0.128. The number of aromatic nitrogens is 1. The van der Waals surface area contributed by atoms with E-state index in [9.17, 15) is 13.2 Å². The molecule has 0 spiro atoms. The van der Waals surface area contributed by atoms with Crippen LogP contribution in [0.3, 0.4) is 0 Å². The van der Waals surface area contributed by atoms with E-state index in [-0.39, 0.29) is 11.4 Å². The Morgan fingerprint density at radius 3 is 2.42 bits per heavy atom. The van der Waals surface area contributed by atoms with Crippen LogP contribution in [0.15, 0.2) is 54.4 Å². The number of halogens is 3. The summed E-state index contributed by atoms with van der Waals surface area (Å²) in [7, 11) is 0. The van der Waals surface area contributed by atoms with Crippen molar-refractivity contribution in [1.29, 1.82) is 5.41 Å². The highest BCUT2D eigenvalue weighted by Crippen LogP contribution is 2.26. The Balaban J connectivity index is 2.35. The number of nitrogens with one attached hydrogen (secondary N) is 1. The van der Waals surface area contributed by atoms with Gasteiger partial charge in [-0.25, -0.2) is 0 Å². The minimum Gasteiger partial charge on any atom is -0.395 e. The van der Waals surface area contributed by atoms with Crippen molar-refractivity contribution in [2.75, 3.05) is 18.0 Å². The molecule has 0 aliphatic carbocycles. The van der Waals surface area contributed by atoms with Gasteiger partial charge in [0.15, 0.2) is 0 Å². The number of nitrogens with two attached hydrogens (primary N) is 1. The number of rotatable bonds is 6. The van der Waals surface area contributed by atoms with Crippen LogP contribution in [0.4, 0.5) is 18.9 Å². The molecule has 2 rings (SSSR count). The maximum atomic E-state index is 12.5. The van der Waals surface area contributed by atoms with E-state index in [1.165, 1.54) is 6.20 Å². The fourth-order valence-corrected chi connectivity index (χ4v) is 2.54. The molecule has 2 aromatic rings. The number of allylic oxidation sites excluding steroid dienone is 2. The second kappa shape index (κ2) is 8.03. The Labute approximate surface area is 150 Å². The van der Waals surface area contributed by atoms with Crippen LogP contribution in [-0.4, -0.2) is 30.0 Å². The Hall–Kier alpha value is -2.83. The first-order valence-corrected chi connectivity index (χ1v) is 8.21. The van der Waals surface area contributed by atoms with E-state index >= 15 is 0 Å². The molecule has 1 aromatic carbocycles. The van der Waals surface area contributed by atoms with Gasteiger partial charge >= 0.3 is 6.18 Å². The molecule has 0 saturated heterocycles. The molecule has 7 heteroatoms. The van der Waals surface area contributed by atoms with Gasteiger partial charge in [0.2, 0.25) is 0 Å². The van der Waals surface area contributed by atoms with Crippen LogP contribution >= 0.6 is 0 Å². The van der Waals surface area contributed by atoms with Crippen LogP contribution in [0, 0.1) is 5.41 Å². The molecule has 26 heavy (non-hydrogen) atoms. The van der Waals surface area contributed by atoms with Crippen molar-refractivity contribution in [3.8, 4) is 11.1 Å². The average Bonchev–Trinajstić information content (AvgIpc) is 2.62. The number of benzene rings is 1. The molecule has 0 aliphatic rings. The van der Waals surface area contributed by atoms with Crippen LogP contribution in [0.2, 0.25) is 0 Å². The first-order valence-electron chi connectivity index (χ1n) is 8.21. The predicted molar refractivity (Wildman–Crippen MR) is 98.4 cm³/mol. The van der Waals surface area contributed by atoms with Gasteiger partial charge in [0, 0.05) is 25.0 Å². The molecule has 0 bridgehead atoms. The Bertz CT molecular complexity index is 808. The monoisotopic (exact) mass is 362 g/mol. The smallest absolute Gasteiger partial charge is 0.395 e. The minimum atomic E-state index is -4.66. The van der Waals surface area contributed by atoms with Gasteiger partial charge in [-0.05, 0) is 55.3 Å². The summed E-state index contributed by atoms with van der Waals surface area (Å²) < 4.78 is 37.6. The van der Waals surface area contributed by atoms with Crippen molar-refractivity contribution >= 4 is 11.4 Å². The molecule has 0 amide bonds. The van der Waals surface area contributed by atoms with E-state index in [1.54, 1.807) is 12.1 Å². The van der Waals surface area contributed by atoms with E-state index in [1.807, 2.05) is 24.3 Å². The molecule has 0 unspecified atom stereocenters. The van der Waals surface area contributed by atoms with Crippen molar-refractivity contribution < 1.29 is 13.2 Å². The van der Waals surface area contributed by atoms with Crippen molar-refractivity contribution in [3.05, 3.63) is 60.1 Å². The van der Waals surface area contributed by atoms with E-state index in [4.69, 9.17) is 11.1 Å². The van der Waals surface area contributed by atoms with Gasteiger partial charge < -0.3 is 10.6 Å². The largest absolute Gasteiger partial charge is 0.430 e. The predicted octanol–water partition coefficient (Wildman–Crippen LogP) is 4.37. The Kier molecular flexibility index (Phi) is 6.02. The second-order valence-electron chi connectivity index (χ2n) is 5.66. The topological polar surface area (TPSA) is 66.0 Å². The van der Waals surface area contributed by atoms with Crippen molar-refractivity contribution in [1.82, 2.24) is 4.98 Å². The average molecular weight is 362 g/mol. The molecule has 0 saturated carbocycles. The third-order valence-electron chi connectivity index (χ3n) is 3.97. The van der Waals surface area contributed by atoms with Gasteiger partial charge in [-0.3, -0.25) is 10.4 Å². The maximum Gasteiger partial charge on any atom is 0.430 e. The molecule has 4 nitrogen and oxygen atoms in total. The Morgan fingerprint density at radius 1 is 1.15 bits per heavy atom. The lowest BCUT2D eigenvalue weighted by atomic mass is 10.0. The third kappa shape index (κ3) is 4.62. The fourth-order valence-electron chi connectivity index (χ4n) is 2.54. The van der Waals surface area contributed by atoms with Gasteiger partial charge in [0.1, 0.15) is 5.70 Å². The van der Waals surface area contributed by atoms with Crippen LogP contribution in [0.1, 0.15) is 19.5 Å². The van der Waals surface area contributed by atoms with Gasteiger partial charge in [-0.2, -0.15) is 13.2 Å². The fraction of sp³-hybridized carbons (Fsp3) is 0.263. The van der Waals surface area contributed by atoms with E-state index in [2.05, 4.69) is 23.7 Å². The second-order valence-corrected chi connectivity index (χ2v) is 5.66. The van der Waals surface area contributed by atoms with Crippen LogP contribution in [-0.2, 0) is 0 Å². The zero-order valence-electron chi connectivity index (χ0n) is 14.6. The lowest BCUT2D eigenvalue weighted by Crippen LogP contribution is -2.21. The number of anilines is 1. The molecule has 0 atom stereocenters. The summed E-state index contributed by atoms with van der Waals surface area (Å²) in [6.45, 7) is 5.88. The van der Waals surface area contributed by atoms with Gasteiger partial charge in [0.25, 0.3) is 0 Å².